The fourth-order valence-corrected chi connectivity index (χ4v) is 1.30. The fraction of sp³-hybridized carbons (Fsp3) is 0.889. The van der Waals surface area contributed by atoms with Gasteiger partial charge in [0.25, 0.3) is 0 Å². The van der Waals surface area contributed by atoms with Crippen LogP contribution in [0, 0.1) is 5.92 Å². The average molecular weight is 155 g/mol. The van der Waals surface area contributed by atoms with Crippen molar-refractivity contribution in [3.8, 4) is 0 Å². The fourth-order valence-electron chi connectivity index (χ4n) is 1.30. The SMILES string of the molecule is O=CNCCCCCC1CC1. The quantitative estimate of drug-likeness (QED) is 0.440. The summed E-state index contributed by atoms with van der Waals surface area (Å²) >= 11 is 0. The van der Waals surface area contributed by atoms with Crippen LogP contribution in [0.5, 0.6) is 0 Å². The van der Waals surface area contributed by atoms with E-state index in [0.717, 1.165) is 25.3 Å². The molecule has 0 heterocycles. The molecule has 1 amide bonds. The number of hydrogen-bond donors (Lipinski definition) is 1. The Labute approximate surface area is 68.4 Å². The Hall–Kier alpha value is -0.530. The zero-order valence-electron chi connectivity index (χ0n) is 7.01. The van der Waals surface area contributed by atoms with E-state index in [1.54, 1.807) is 0 Å². The van der Waals surface area contributed by atoms with Gasteiger partial charge in [-0.2, -0.15) is 0 Å². The van der Waals surface area contributed by atoms with Crippen LogP contribution in [0.4, 0.5) is 0 Å². The Balaban J connectivity index is 1.69. The second-order valence-corrected chi connectivity index (χ2v) is 3.36. The lowest BCUT2D eigenvalue weighted by molar-refractivity contribution is -0.109. The standard InChI is InChI=1S/C9H17NO/c11-8-10-7-3-1-2-4-9-5-6-9/h8-9H,1-7H2,(H,10,11). The number of nitrogens with one attached hydrogen (secondary N) is 1. The Morgan fingerprint density at radius 2 is 2.09 bits per heavy atom. The maximum atomic E-state index is 9.84. The van der Waals surface area contributed by atoms with Gasteiger partial charge in [-0.15, -0.1) is 0 Å². The van der Waals surface area contributed by atoms with E-state index in [9.17, 15) is 4.79 Å². The average Bonchev–Trinajstić information content (AvgIpc) is 2.80. The highest BCUT2D eigenvalue weighted by molar-refractivity contribution is 5.45. The molecule has 0 bridgehead atoms. The molecule has 0 aromatic rings. The summed E-state index contributed by atoms with van der Waals surface area (Å²) < 4.78 is 0. The van der Waals surface area contributed by atoms with Crippen LogP contribution in [0.25, 0.3) is 0 Å². The van der Waals surface area contributed by atoms with Crippen molar-refractivity contribution in [3.63, 3.8) is 0 Å². The zero-order valence-corrected chi connectivity index (χ0v) is 7.01. The first-order chi connectivity index (χ1) is 5.43. The van der Waals surface area contributed by atoms with Crippen molar-refractivity contribution in [2.75, 3.05) is 6.54 Å². The molecular weight excluding hydrogens is 138 g/mol. The molecule has 0 aliphatic heterocycles. The summed E-state index contributed by atoms with van der Waals surface area (Å²) in [7, 11) is 0. The highest BCUT2D eigenvalue weighted by Gasteiger charge is 2.19. The molecule has 0 atom stereocenters. The second-order valence-electron chi connectivity index (χ2n) is 3.36. The first-order valence-electron chi connectivity index (χ1n) is 4.60. The number of rotatable bonds is 7. The minimum Gasteiger partial charge on any atom is -0.359 e. The van der Waals surface area contributed by atoms with Crippen molar-refractivity contribution in [1.82, 2.24) is 5.32 Å². The topological polar surface area (TPSA) is 29.1 Å². The molecule has 0 aromatic carbocycles. The van der Waals surface area contributed by atoms with Crippen LogP contribution in [0.15, 0.2) is 0 Å². The van der Waals surface area contributed by atoms with Crippen molar-refractivity contribution in [2.45, 2.75) is 38.5 Å². The normalized spacial score (nSPS) is 16.4. The summed E-state index contributed by atoms with van der Waals surface area (Å²) in [5.74, 6) is 1.06. The molecule has 0 spiro atoms. The van der Waals surface area contributed by atoms with Gasteiger partial charge in [0.15, 0.2) is 0 Å². The Morgan fingerprint density at radius 1 is 1.27 bits per heavy atom. The third-order valence-electron chi connectivity index (χ3n) is 2.21. The number of unbranched alkanes of at least 4 members (excludes halogenated alkanes) is 2. The maximum Gasteiger partial charge on any atom is 0.207 e. The van der Waals surface area contributed by atoms with Gasteiger partial charge in [-0.1, -0.05) is 32.1 Å². The van der Waals surface area contributed by atoms with E-state index in [2.05, 4.69) is 5.32 Å². The molecule has 0 radical (unpaired) electrons. The van der Waals surface area contributed by atoms with Crippen LogP contribution in [0.2, 0.25) is 0 Å². The van der Waals surface area contributed by atoms with Gasteiger partial charge < -0.3 is 5.32 Å². The summed E-state index contributed by atoms with van der Waals surface area (Å²) in [6.07, 6.45) is 8.90. The molecule has 1 rings (SSSR count). The van der Waals surface area contributed by atoms with Crippen LogP contribution in [-0.2, 0) is 4.79 Å². The van der Waals surface area contributed by atoms with Crippen molar-refractivity contribution in [2.24, 2.45) is 5.92 Å². The van der Waals surface area contributed by atoms with E-state index in [4.69, 9.17) is 0 Å². The molecular formula is C9H17NO. The summed E-state index contributed by atoms with van der Waals surface area (Å²) in [6, 6.07) is 0. The van der Waals surface area contributed by atoms with Crippen molar-refractivity contribution < 1.29 is 4.79 Å². The van der Waals surface area contributed by atoms with E-state index in [0.29, 0.717) is 0 Å². The smallest absolute Gasteiger partial charge is 0.207 e. The van der Waals surface area contributed by atoms with Crippen LogP contribution >= 0.6 is 0 Å². The summed E-state index contributed by atoms with van der Waals surface area (Å²) in [6.45, 7) is 0.855. The summed E-state index contributed by atoms with van der Waals surface area (Å²) in [5, 5.41) is 2.67. The van der Waals surface area contributed by atoms with E-state index < -0.39 is 0 Å². The van der Waals surface area contributed by atoms with Crippen molar-refractivity contribution >= 4 is 6.41 Å². The van der Waals surface area contributed by atoms with E-state index in [1.165, 1.54) is 32.1 Å². The lowest BCUT2D eigenvalue weighted by Crippen LogP contribution is -2.11. The van der Waals surface area contributed by atoms with Gasteiger partial charge in [-0.25, -0.2) is 0 Å². The highest BCUT2D eigenvalue weighted by atomic mass is 16.1. The number of carbonyl (C=O) groups excluding carboxylic acids is 1. The van der Waals surface area contributed by atoms with Gasteiger partial charge in [-0.3, -0.25) is 4.79 Å². The third-order valence-corrected chi connectivity index (χ3v) is 2.21. The Kier molecular flexibility index (Phi) is 4.02. The zero-order chi connectivity index (χ0) is 7.94. The molecule has 2 nitrogen and oxygen atoms in total. The molecule has 1 fully saturated rings. The lowest BCUT2D eigenvalue weighted by atomic mass is 10.1. The Morgan fingerprint density at radius 3 is 2.73 bits per heavy atom. The van der Waals surface area contributed by atoms with Gasteiger partial charge in [0, 0.05) is 6.54 Å². The van der Waals surface area contributed by atoms with Gasteiger partial charge in [0.1, 0.15) is 0 Å². The first kappa shape index (κ1) is 8.57. The summed E-state index contributed by atoms with van der Waals surface area (Å²) in [4.78, 5) is 9.84. The third kappa shape index (κ3) is 4.82. The predicted octanol–water partition coefficient (Wildman–Crippen LogP) is 1.70. The van der Waals surface area contributed by atoms with Gasteiger partial charge in [-0.05, 0) is 12.3 Å². The Bertz CT molecular complexity index is 110. The molecule has 1 aliphatic carbocycles. The maximum absolute atomic E-state index is 9.84. The minimum atomic E-state index is 0.779. The molecule has 1 saturated carbocycles. The van der Waals surface area contributed by atoms with Gasteiger partial charge in [0.05, 0.1) is 0 Å². The first-order valence-corrected chi connectivity index (χ1v) is 4.60. The largest absolute Gasteiger partial charge is 0.359 e. The van der Waals surface area contributed by atoms with E-state index in [1.807, 2.05) is 0 Å². The van der Waals surface area contributed by atoms with Crippen LogP contribution < -0.4 is 5.32 Å². The predicted molar refractivity (Wildman–Crippen MR) is 45.3 cm³/mol. The van der Waals surface area contributed by atoms with Gasteiger partial charge in [0.2, 0.25) is 6.41 Å². The lowest BCUT2D eigenvalue weighted by Gasteiger charge is -1.98. The molecule has 0 saturated heterocycles. The van der Waals surface area contributed by atoms with Crippen LogP contribution in [0.3, 0.4) is 0 Å². The second kappa shape index (κ2) is 5.16. The molecule has 1 aliphatic rings. The molecule has 1 N–H and O–H groups in total. The van der Waals surface area contributed by atoms with E-state index >= 15 is 0 Å². The van der Waals surface area contributed by atoms with E-state index in [-0.39, 0.29) is 0 Å². The number of hydrogen-bond acceptors (Lipinski definition) is 1. The van der Waals surface area contributed by atoms with Crippen LogP contribution in [-0.4, -0.2) is 13.0 Å². The van der Waals surface area contributed by atoms with Gasteiger partial charge >= 0.3 is 0 Å². The molecule has 0 unspecified atom stereocenters. The number of amides is 1. The van der Waals surface area contributed by atoms with Crippen molar-refractivity contribution in [1.29, 1.82) is 0 Å². The number of carbonyl (C=O) groups is 1. The van der Waals surface area contributed by atoms with Crippen molar-refractivity contribution in [3.05, 3.63) is 0 Å². The molecule has 11 heavy (non-hydrogen) atoms. The molecule has 2 heteroatoms. The minimum absolute atomic E-state index is 0.779. The molecule has 0 aromatic heterocycles. The molecule has 64 valence electrons. The summed E-state index contributed by atoms with van der Waals surface area (Å²) in [5.41, 5.74) is 0. The monoisotopic (exact) mass is 155 g/mol. The highest BCUT2D eigenvalue weighted by Crippen LogP contribution is 2.33. The van der Waals surface area contributed by atoms with Crippen LogP contribution in [0.1, 0.15) is 38.5 Å².